The minimum atomic E-state index is -0.453. The van der Waals surface area contributed by atoms with E-state index in [-0.39, 0.29) is 18.7 Å². The molecule has 118 valence electrons. The molecule has 23 heavy (non-hydrogen) atoms. The predicted molar refractivity (Wildman–Crippen MR) is 91.0 cm³/mol. The van der Waals surface area contributed by atoms with E-state index in [0.717, 1.165) is 11.1 Å². The maximum absolute atomic E-state index is 12.5. The van der Waals surface area contributed by atoms with Gasteiger partial charge in [0.15, 0.2) is 0 Å². The summed E-state index contributed by atoms with van der Waals surface area (Å²) in [6.07, 6.45) is 1.38. The van der Waals surface area contributed by atoms with E-state index in [1.54, 1.807) is 19.1 Å². The Morgan fingerprint density at radius 2 is 2.09 bits per heavy atom. The van der Waals surface area contributed by atoms with Crippen LogP contribution in [0.4, 0.5) is 0 Å². The lowest BCUT2D eigenvalue weighted by Crippen LogP contribution is -2.25. The Bertz CT molecular complexity index is 915. The van der Waals surface area contributed by atoms with Gasteiger partial charge in [0.05, 0.1) is 18.5 Å². The number of rotatable bonds is 4. The first-order chi connectivity index (χ1) is 11.1. The van der Waals surface area contributed by atoms with Crippen molar-refractivity contribution in [3.05, 3.63) is 51.3 Å². The second kappa shape index (κ2) is 6.52. The summed E-state index contributed by atoms with van der Waals surface area (Å²) in [7, 11) is 0. The normalized spacial score (nSPS) is 10.9. The molecule has 5 nitrogen and oxygen atoms in total. The molecule has 0 amide bonds. The first kappa shape index (κ1) is 15.7. The minimum absolute atomic E-state index is 0.135. The molecule has 7 heteroatoms. The van der Waals surface area contributed by atoms with Crippen LogP contribution in [0.15, 0.2) is 40.8 Å². The van der Waals surface area contributed by atoms with Crippen molar-refractivity contribution in [2.45, 2.75) is 13.5 Å². The molecular formula is C16H13ClN2O3S. The maximum Gasteiger partial charge on any atom is 0.326 e. The molecular weight excluding hydrogens is 336 g/mol. The number of nitrogens with zero attached hydrogens (tertiary/aromatic N) is 2. The fourth-order valence-corrected chi connectivity index (χ4v) is 3.34. The Balaban J connectivity index is 2.02. The molecule has 0 spiro atoms. The van der Waals surface area contributed by atoms with Crippen LogP contribution in [-0.4, -0.2) is 22.1 Å². The lowest BCUT2D eigenvalue weighted by molar-refractivity contribution is -0.143. The summed E-state index contributed by atoms with van der Waals surface area (Å²) in [5.74, 6) is -0.453. The third-order valence-corrected chi connectivity index (χ3v) is 4.52. The van der Waals surface area contributed by atoms with Gasteiger partial charge in [-0.1, -0.05) is 23.7 Å². The van der Waals surface area contributed by atoms with E-state index < -0.39 is 5.97 Å². The number of benzene rings is 1. The summed E-state index contributed by atoms with van der Waals surface area (Å²) in [6.45, 7) is 1.87. The Kier molecular flexibility index (Phi) is 4.45. The third-order valence-electron chi connectivity index (χ3n) is 3.31. The minimum Gasteiger partial charge on any atom is -0.465 e. The van der Waals surface area contributed by atoms with E-state index in [4.69, 9.17) is 16.3 Å². The smallest absolute Gasteiger partial charge is 0.326 e. The van der Waals surface area contributed by atoms with E-state index >= 15 is 0 Å². The number of hydrogen-bond donors (Lipinski definition) is 0. The highest BCUT2D eigenvalue weighted by atomic mass is 35.5. The van der Waals surface area contributed by atoms with Crippen LogP contribution < -0.4 is 5.56 Å². The molecule has 0 bridgehead atoms. The van der Waals surface area contributed by atoms with Crippen molar-refractivity contribution in [1.29, 1.82) is 0 Å². The van der Waals surface area contributed by atoms with Crippen LogP contribution in [0.2, 0.25) is 5.02 Å². The molecule has 0 aliphatic heterocycles. The number of fused-ring (bicyclic) bond motifs is 1. The lowest BCUT2D eigenvalue weighted by atomic mass is 10.1. The molecule has 0 radical (unpaired) electrons. The molecule has 0 saturated carbocycles. The SMILES string of the molecule is CCOC(=O)Cn1cnc2c(-c3ccc(Cl)cc3)csc2c1=O. The molecule has 0 atom stereocenters. The Labute approximate surface area is 141 Å². The quantitative estimate of drug-likeness (QED) is 0.678. The molecule has 2 aromatic heterocycles. The van der Waals surface area contributed by atoms with Crippen molar-refractivity contribution in [2.24, 2.45) is 0 Å². The first-order valence-electron chi connectivity index (χ1n) is 6.98. The summed E-state index contributed by atoms with van der Waals surface area (Å²) in [5.41, 5.74) is 2.20. The van der Waals surface area contributed by atoms with Gasteiger partial charge in [-0.3, -0.25) is 14.2 Å². The number of halogens is 1. The molecule has 1 aromatic carbocycles. The summed E-state index contributed by atoms with van der Waals surface area (Å²) in [6, 6.07) is 7.36. The van der Waals surface area contributed by atoms with Gasteiger partial charge in [0.2, 0.25) is 0 Å². The second-order valence-electron chi connectivity index (χ2n) is 4.82. The predicted octanol–water partition coefficient (Wildman–Crippen LogP) is 3.34. The third kappa shape index (κ3) is 3.13. The van der Waals surface area contributed by atoms with Crippen LogP contribution in [0, 0.1) is 0 Å². The molecule has 2 heterocycles. The van der Waals surface area contributed by atoms with Gasteiger partial charge in [0.25, 0.3) is 5.56 Å². The number of carbonyl (C=O) groups excluding carboxylic acids is 1. The van der Waals surface area contributed by atoms with Gasteiger partial charge in [-0.2, -0.15) is 0 Å². The number of ether oxygens (including phenoxy) is 1. The largest absolute Gasteiger partial charge is 0.465 e. The van der Waals surface area contributed by atoms with Crippen molar-refractivity contribution in [1.82, 2.24) is 9.55 Å². The second-order valence-corrected chi connectivity index (χ2v) is 6.13. The van der Waals surface area contributed by atoms with E-state index in [1.807, 2.05) is 17.5 Å². The zero-order chi connectivity index (χ0) is 16.4. The zero-order valence-corrected chi connectivity index (χ0v) is 13.9. The lowest BCUT2D eigenvalue weighted by Gasteiger charge is -2.05. The van der Waals surface area contributed by atoms with Crippen molar-refractivity contribution in [2.75, 3.05) is 6.61 Å². The van der Waals surface area contributed by atoms with E-state index in [2.05, 4.69) is 4.98 Å². The van der Waals surface area contributed by atoms with Crippen molar-refractivity contribution in [3.8, 4) is 11.1 Å². The molecule has 0 aliphatic carbocycles. The van der Waals surface area contributed by atoms with Gasteiger partial charge in [0, 0.05) is 16.0 Å². The van der Waals surface area contributed by atoms with Crippen LogP contribution in [-0.2, 0) is 16.1 Å². The molecule has 0 unspecified atom stereocenters. The fourth-order valence-electron chi connectivity index (χ4n) is 2.23. The maximum atomic E-state index is 12.5. The summed E-state index contributed by atoms with van der Waals surface area (Å²) >= 11 is 7.21. The summed E-state index contributed by atoms with van der Waals surface area (Å²) < 4.78 is 6.64. The monoisotopic (exact) mass is 348 g/mol. The Morgan fingerprint density at radius 3 is 2.78 bits per heavy atom. The number of thiophene rings is 1. The van der Waals surface area contributed by atoms with Crippen LogP contribution in [0.3, 0.4) is 0 Å². The van der Waals surface area contributed by atoms with E-state index in [9.17, 15) is 9.59 Å². The molecule has 0 fully saturated rings. The van der Waals surface area contributed by atoms with Crippen LogP contribution >= 0.6 is 22.9 Å². The van der Waals surface area contributed by atoms with E-state index in [1.165, 1.54) is 22.2 Å². The van der Waals surface area contributed by atoms with Crippen LogP contribution in [0.1, 0.15) is 6.92 Å². The molecule has 0 saturated heterocycles. The fraction of sp³-hybridized carbons (Fsp3) is 0.188. The van der Waals surface area contributed by atoms with Crippen LogP contribution in [0.5, 0.6) is 0 Å². The zero-order valence-electron chi connectivity index (χ0n) is 12.3. The number of hydrogen-bond acceptors (Lipinski definition) is 5. The Morgan fingerprint density at radius 1 is 1.35 bits per heavy atom. The number of carbonyl (C=O) groups is 1. The highest BCUT2D eigenvalue weighted by molar-refractivity contribution is 7.17. The van der Waals surface area contributed by atoms with Crippen molar-refractivity contribution in [3.63, 3.8) is 0 Å². The first-order valence-corrected chi connectivity index (χ1v) is 8.24. The molecule has 0 N–H and O–H groups in total. The van der Waals surface area contributed by atoms with E-state index in [0.29, 0.717) is 15.2 Å². The Hall–Kier alpha value is -2.18. The summed E-state index contributed by atoms with van der Waals surface area (Å²) in [5, 5.41) is 2.54. The topological polar surface area (TPSA) is 61.2 Å². The van der Waals surface area contributed by atoms with Gasteiger partial charge in [-0.25, -0.2) is 4.98 Å². The standard InChI is InChI=1S/C16H13ClN2O3S/c1-2-22-13(20)7-19-9-18-14-12(8-23-15(14)16(19)21)10-3-5-11(17)6-4-10/h3-6,8-9H,2,7H2,1H3. The van der Waals surface area contributed by atoms with Crippen molar-refractivity contribution >= 4 is 39.1 Å². The average molecular weight is 349 g/mol. The average Bonchev–Trinajstić information content (AvgIpc) is 2.96. The number of aromatic nitrogens is 2. The van der Waals surface area contributed by atoms with Crippen molar-refractivity contribution < 1.29 is 9.53 Å². The summed E-state index contributed by atoms with van der Waals surface area (Å²) in [4.78, 5) is 28.4. The highest BCUT2D eigenvalue weighted by Crippen LogP contribution is 2.31. The van der Waals surface area contributed by atoms with Gasteiger partial charge in [0.1, 0.15) is 11.2 Å². The van der Waals surface area contributed by atoms with Crippen LogP contribution in [0.25, 0.3) is 21.3 Å². The molecule has 3 rings (SSSR count). The van der Waals surface area contributed by atoms with Gasteiger partial charge in [-0.05, 0) is 24.6 Å². The van der Waals surface area contributed by atoms with Gasteiger partial charge in [-0.15, -0.1) is 11.3 Å². The molecule has 3 aromatic rings. The van der Waals surface area contributed by atoms with Gasteiger partial charge >= 0.3 is 5.97 Å². The highest BCUT2D eigenvalue weighted by Gasteiger charge is 2.14. The molecule has 0 aliphatic rings. The van der Waals surface area contributed by atoms with Gasteiger partial charge < -0.3 is 4.74 Å². The number of esters is 1.